The molecule has 40 heavy (non-hydrogen) atoms. The van der Waals surface area contributed by atoms with E-state index in [2.05, 4.69) is 41.9 Å². The number of halogens is 1. The zero-order valence-electron chi connectivity index (χ0n) is 21.5. The molecule has 0 saturated carbocycles. The van der Waals surface area contributed by atoms with Crippen molar-refractivity contribution in [3.63, 3.8) is 0 Å². The molecule has 2 aromatic heterocycles. The number of aromatic nitrogens is 6. The van der Waals surface area contributed by atoms with Crippen molar-refractivity contribution in [2.45, 2.75) is 31.8 Å². The fraction of sp³-hybridized carbons (Fsp3) is 0.222. The summed E-state index contributed by atoms with van der Waals surface area (Å²) in [5.41, 5.74) is 1.91. The SMILES string of the molecule is CC(C)(NC(=O)c1ccc(-n2nnc3ccccc32)c([N+](=O)[O-])c1)c1cn([C@H]2CCOc3ccc(Br)cc32)nn1. The smallest absolute Gasteiger partial charge is 0.295 e. The molecule has 0 unspecified atom stereocenters. The molecule has 3 heterocycles. The van der Waals surface area contributed by atoms with E-state index in [1.807, 2.05) is 30.5 Å². The van der Waals surface area contributed by atoms with E-state index < -0.39 is 16.4 Å². The molecule has 1 amide bonds. The standard InChI is InChI=1S/C27H23BrN8O4/c1-27(2,25-15-34(32-31-25)20-11-12-40-24-10-8-17(28)14-18(20)24)29-26(37)16-7-9-22(23(13-16)36(38)39)35-21-6-4-3-5-19(21)30-33-35/h3-10,13-15,20H,11-12H2,1-2H3,(H,29,37)/t20-/m0/s1. The molecule has 202 valence electrons. The number of carbonyl (C=O) groups excluding carboxylic acids is 1. The number of nitro groups is 1. The number of rotatable bonds is 6. The molecule has 0 saturated heterocycles. The second-order valence-corrected chi connectivity index (χ2v) is 10.9. The lowest BCUT2D eigenvalue weighted by Gasteiger charge is -2.26. The van der Waals surface area contributed by atoms with Gasteiger partial charge in [0.25, 0.3) is 11.6 Å². The molecule has 1 N–H and O–H groups in total. The third kappa shape index (κ3) is 4.57. The zero-order chi connectivity index (χ0) is 28.0. The highest BCUT2D eigenvalue weighted by Crippen LogP contribution is 2.36. The van der Waals surface area contributed by atoms with Crippen LogP contribution in [0.2, 0.25) is 0 Å². The van der Waals surface area contributed by atoms with Crippen LogP contribution in [0.4, 0.5) is 5.69 Å². The number of nitrogens with one attached hydrogen (secondary N) is 1. The van der Waals surface area contributed by atoms with E-state index in [1.165, 1.54) is 22.9 Å². The number of nitro benzene ring substituents is 1. The maximum absolute atomic E-state index is 13.3. The van der Waals surface area contributed by atoms with Gasteiger partial charge in [0, 0.05) is 28.1 Å². The lowest BCUT2D eigenvalue weighted by atomic mass is 9.99. The van der Waals surface area contributed by atoms with Crippen LogP contribution in [0.5, 0.6) is 5.75 Å². The van der Waals surface area contributed by atoms with Crippen molar-refractivity contribution in [1.82, 2.24) is 35.3 Å². The predicted molar refractivity (Wildman–Crippen MR) is 148 cm³/mol. The van der Waals surface area contributed by atoms with Gasteiger partial charge in [0.05, 0.1) is 34.8 Å². The monoisotopic (exact) mass is 602 g/mol. The van der Waals surface area contributed by atoms with Gasteiger partial charge in [0.15, 0.2) is 0 Å². The van der Waals surface area contributed by atoms with Gasteiger partial charge in [-0.2, -0.15) is 0 Å². The molecule has 1 aliphatic rings. The number of carbonyl (C=O) groups is 1. The molecule has 5 aromatic rings. The van der Waals surface area contributed by atoms with Crippen LogP contribution in [0.15, 0.2) is 71.3 Å². The first-order valence-corrected chi connectivity index (χ1v) is 13.3. The maximum Gasteiger partial charge on any atom is 0.295 e. The molecule has 6 rings (SSSR count). The van der Waals surface area contributed by atoms with Crippen molar-refractivity contribution in [3.8, 4) is 11.4 Å². The van der Waals surface area contributed by atoms with E-state index >= 15 is 0 Å². The molecule has 3 aromatic carbocycles. The van der Waals surface area contributed by atoms with Crippen LogP contribution >= 0.6 is 15.9 Å². The van der Waals surface area contributed by atoms with Gasteiger partial charge >= 0.3 is 0 Å². The zero-order valence-corrected chi connectivity index (χ0v) is 23.1. The molecular weight excluding hydrogens is 580 g/mol. The minimum atomic E-state index is -0.920. The summed E-state index contributed by atoms with van der Waals surface area (Å²) in [6.45, 7) is 4.16. The predicted octanol–water partition coefficient (Wildman–Crippen LogP) is 4.72. The second-order valence-electron chi connectivity index (χ2n) is 9.95. The summed E-state index contributed by atoms with van der Waals surface area (Å²) in [6.07, 6.45) is 2.53. The molecule has 0 spiro atoms. The van der Waals surface area contributed by atoms with Gasteiger partial charge in [-0.3, -0.25) is 14.9 Å². The van der Waals surface area contributed by atoms with Gasteiger partial charge in [0.1, 0.15) is 22.6 Å². The Hall–Kier alpha value is -4.65. The first-order valence-electron chi connectivity index (χ1n) is 12.5. The Morgan fingerprint density at radius 3 is 2.77 bits per heavy atom. The van der Waals surface area contributed by atoms with E-state index in [0.29, 0.717) is 23.3 Å². The lowest BCUT2D eigenvalue weighted by molar-refractivity contribution is -0.384. The molecule has 0 radical (unpaired) electrons. The quantitative estimate of drug-likeness (QED) is 0.217. The molecule has 0 bridgehead atoms. The lowest BCUT2D eigenvalue weighted by Crippen LogP contribution is -2.41. The van der Waals surface area contributed by atoms with E-state index in [-0.39, 0.29) is 23.0 Å². The van der Waals surface area contributed by atoms with Crippen molar-refractivity contribution in [3.05, 3.63) is 98.3 Å². The average Bonchev–Trinajstić information content (AvgIpc) is 3.60. The number of amides is 1. The molecule has 1 aliphatic heterocycles. The topological polar surface area (TPSA) is 143 Å². The van der Waals surface area contributed by atoms with Crippen molar-refractivity contribution in [2.75, 3.05) is 6.61 Å². The Labute approximate surface area is 236 Å². The summed E-state index contributed by atoms with van der Waals surface area (Å²) in [4.78, 5) is 24.7. The average molecular weight is 603 g/mol. The highest BCUT2D eigenvalue weighted by atomic mass is 79.9. The first-order chi connectivity index (χ1) is 19.2. The minimum absolute atomic E-state index is 0.0722. The molecule has 0 aliphatic carbocycles. The van der Waals surface area contributed by atoms with Crippen LogP contribution in [0.1, 0.15) is 47.9 Å². The summed E-state index contributed by atoms with van der Waals surface area (Å²) >= 11 is 3.52. The normalized spacial score (nSPS) is 14.9. The Morgan fingerprint density at radius 2 is 1.95 bits per heavy atom. The fourth-order valence-electron chi connectivity index (χ4n) is 4.79. The third-order valence-corrected chi connectivity index (χ3v) is 7.38. The molecule has 12 nitrogen and oxygen atoms in total. The van der Waals surface area contributed by atoms with Gasteiger partial charge in [-0.25, -0.2) is 9.36 Å². The van der Waals surface area contributed by atoms with Crippen LogP contribution in [0, 0.1) is 10.1 Å². The van der Waals surface area contributed by atoms with E-state index in [4.69, 9.17) is 4.74 Å². The number of fused-ring (bicyclic) bond motifs is 2. The van der Waals surface area contributed by atoms with Gasteiger partial charge in [-0.05, 0) is 56.3 Å². The Balaban J connectivity index is 1.26. The van der Waals surface area contributed by atoms with Gasteiger partial charge in [0.2, 0.25) is 0 Å². The van der Waals surface area contributed by atoms with E-state index in [9.17, 15) is 14.9 Å². The first kappa shape index (κ1) is 25.6. The van der Waals surface area contributed by atoms with Crippen molar-refractivity contribution >= 4 is 38.6 Å². The number of para-hydroxylation sites is 1. The fourth-order valence-corrected chi connectivity index (χ4v) is 5.17. The van der Waals surface area contributed by atoms with Crippen LogP contribution in [0.25, 0.3) is 16.7 Å². The molecular formula is C27H23BrN8O4. The summed E-state index contributed by atoms with van der Waals surface area (Å²) in [5.74, 6) is 0.311. The highest BCUT2D eigenvalue weighted by Gasteiger charge is 2.31. The molecule has 13 heteroatoms. The highest BCUT2D eigenvalue weighted by molar-refractivity contribution is 9.10. The Kier molecular flexibility index (Phi) is 6.29. The van der Waals surface area contributed by atoms with Gasteiger partial charge in [-0.15, -0.1) is 10.2 Å². The van der Waals surface area contributed by atoms with Crippen LogP contribution in [-0.2, 0) is 5.54 Å². The molecule has 0 fully saturated rings. The number of ether oxygens (including phenoxy) is 1. The molecule has 1 atom stereocenters. The van der Waals surface area contributed by atoms with Crippen molar-refractivity contribution < 1.29 is 14.5 Å². The van der Waals surface area contributed by atoms with Crippen molar-refractivity contribution in [2.24, 2.45) is 0 Å². The van der Waals surface area contributed by atoms with Crippen LogP contribution in [-0.4, -0.2) is 47.4 Å². The summed E-state index contributed by atoms with van der Waals surface area (Å²) in [6, 6.07) is 17.2. The number of hydrogen-bond acceptors (Lipinski definition) is 8. The summed E-state index contributed by atoms with van der Waals surface area (Å²) < 4.78 is 9.90. The largest absolute Gasteiger partial charge is 0.493 e. The van der Waals surface area contributed by atoms with Crippen LogP contribution < -0.4 is 10.1 Å². The van der Waals surface area contributed by atoms with Gasteiger partial charge in [-0.1, -0.05) is 38.5 Å². The summed E-state index contributed by atoms with van der Waals surface area (Å²) in [5, 5.41) is 31.8. The number of hydrogen-bond donors (Lipinski definition) is 1. The number of nitrogens with zero attached hydrogens (tertiary/aromatic N) is 7. The Bertz CT molecular complexity index is 1780. The third-order valence-electron chi connectivity index (χ3n) is 6.89. The maximum atomic E-state index is 13.3. The van der Waals surface area contributed by atoms with Crippen LogP contribution in [0.3, 0.4) is 0 Å². The Morgan fingerprint density at radius 1 is 1.12 bits per heavy atom. The summed E-state index contributed by atoms with van der Waals surface area (Å²) in [7, 11) is 0. The second kappa shape index (κ2) is 9.83. The number of benzene rings is 3. The van der Waals surface area contributed by atoms with Crippen molar-refractivity contribution in [1.29, 1.82) is 0 Å². The van der Waals surface area contributed by atoms with Gasteiger partial charge < -0.3 is 10.1 Å². The van der Waals surface area contributed by atoms with E-state index in [1.54, 1.807) is 36.7 Å². The van der Waals surface area contributed by atoms with E-state index in [0.717, 1.165) is 22.2 Å². The minimum Gasteiger partial charge on any atom is -0.493 e.